The Hall–Kier alpha value is -0.510. The molecule has 0 saturated carbocycles. The maximum Gasteiger partial charge on any atom is 0.0263 e. The highest BCUT2D eigenvalue weighted by Crippen LogP contribution is 2.37. The third-order valence-corrected chi connectivity index (χ3v) is 6.16. The van der Waals surface area contributed by atoms with Crippen molar-refractivity contribution in [2.24, 2.45) is 0 Å². The minimum Gasteiger partial charge on any atom is -0.313 e. The van der Waals surface area contributed by atoms with Crippen LogP contribution in [0, 0.1) is 0 Å². The molecule has 2 aliphatic rings. The molecule has 3 heteroatoms. The summed E-state index contributed by atoms with van der Waals surface area (Å²) in [6.07, 6.45) is 5.12. The molecule has 3 rings (SSSR count). The molecule has 1 saturated heterocycles. The summed E-state index contributed by atoms with van der Waals surface area (Å²) in [5, 5.41) is 4.48. The Morgan fingerprint density at radius 3 is 3.00 bits per heavy atom. The first-order valence-corrected chi connectivity index (χ1v) is 9.36. The van der Waals surface area contributed by atoms with Gasteiger partial charge in [0.25, 0.3) is 0 Å². The average molecular weight is 305 g/mol. The molecule has 0 aromatic heterocycles. The molecule has 0 radical (unpaired) electrons. The Morgan fingerprint density at radius 2 is 2.19 bits per heavy atom. The van der Waals surface area contributed by atoms with Crippen LogP contribution in [0.2, 0.25) is 0 Å². The van der Waals surface area contributed by atoms with E-state index in [1.165, 1.54) is 50.2 Å². The van der Waals surface area contributed by atoms with Crippen molar-refractivity contribution in [3.8, 4) is 0 Å². The zero-order valence-corrected chi connectivity index (χ0v) is 14.2. The molecule has 1 aromatic rings. The third kappa shape index (κ3) is 3.82. The summed E-state index contributed by atoms with van der Waals surface area (Å²) in [5.41, 5.74) is 1.55. The molecule has 1 aromatic carbocycles. The van der Waals surface area contributed by atoms with Crippen LogP contribution in [0.4, 0.5) is 0 Å². The number of nitrogens with one attached hydrogen (secondary N) is 1. The summed E-state index contributed by atoms with van der Waals surface area (Å²) in [6.45, 7) is 8.34. The molecule has 21 heavy (non-hydrogen) atoms. The van der Waals surface area contributed by atoms with Gasteiger partial charge in [-0.25, -0.2) is 0 Å². The summed E-state index contributed by atoms with van der Waals surface area (Å²) in [4.78, 5) is 4.25. The van der Waals surface area contributed by atoms with Crippen molar-refractivity contribution >= 4 is 11.8 Å². The Bertz CT molecular complexity index is 437. The van der Waals surface area contributed by atoms with Crippen LogP contribution in [0.1, 0.15) is 38.7 Å². The molecule has 2 heterocycles. The van der Waals surface area contributed by atoms with Crippen LogP contribution in [0.15, 0.2) is 29.2 Å². The zero-order valence-electron chi connectivity index (χ0n) is 13.3. The predicted molar refractivity (Wildman–Crippen MR) is 92.1 cm³/mol. The fourth-order valence-electron chi connectivity index (χ4n) is 3.62. The van der Waals surface area contributed by atoms with Gasteiger partial charge in [-0.3, -0.25) is 4.90 Å². The monoisotopic (exact) mass is 304 g/mol. The van der Waals surface area contributed by atoms with E-state index in [2.05, 4.69) is 60.1 Å². The number of hydrogen-bond donors (Lipinski definition) is 1. The maximum atomic E-state index is 3.74. The van der Waals surface area contributed by atoms with Crippen molar-refractivity contribution in [1.82, 2.24) is 10.2 Å². The lowest BCUT2D eigenvalue weighted by molar-refractivity contribution is 0.202. The molecular formula is C18H28N2S. The highest BCUT2D eigenvalue weighted by atomic mass is 32.2. The fourth-order valence-corrected chi connectivity index (χ4v) is 4.97. The van der Waals surface area contributed by atoms with E-state index in [4.69, 9.17) is 0 Å². The molecule has 1 fully saturated rings. The van der Waals surface area contributed by atoms with Gasteiger partial charge in [-0.15, -0.1) is 11.8 Å². The van der Waals surface area contributed by atoms with Gasteiger partial charge in [0.05, 0.1) is 0 Å². The minimum atomic E-state index is 0.689. The van der Waals surface area contributed by atoms with Crippen LogP contribution < -0.4 is 5.32 Å². The molecule has 1 N–H and O–H groups in total. The summed E-state index contributed by atoms with van der Waals surface area (Å²) >= 11 is 2.09. The van der Waals surface area contributed by atoms with E-state index in [-0.39, 0.29) is 0 Å². The second-order valence-electron chi connectivity index (χ2n) is 6.58. The number of hydrogen-bond acceptors (Lipinski definition) is 3. The molecule has 0 spiro atoms. The van der Waals surface area contributed by atoms with Gasteiger partial charge in [0.1, 0.15) is 0 Å². The molecule has 0 bridgehead atoms. The first-order chi connectivity index (χ1) is 10.3. The SMILES string of the molecule is CCCC1CN(CC2Cc3ccccc3S2)C(C)CCN1. The van der Waals surface area contributed by atoms with Crippen molar-refractivity contribution in [2.75, 3.05) is 19.6 Å². The highest BCUT2D eigenvalue weighted by molar-refractivity contribution is 8.00. The first-order valence-electron chi connectivity index (χ1n) is 8.48. The van der Waals surface area contributed by atoms with Crippen molar-refractivity contribution in [2.45, 2.75) is 61.8 Å². The van der Waals surface area contributed by atoms with E-state index >= 15 is 0 Å². The van der Waals surface area contributed by atoms with Gasteiger partial charge < -0.3 is 5.32 Å². The highest BCUT2D eigenvalue weighted by Gasteiger charge is 2.28. The number of nitrogens with zero attached hydrogens (tertiary/aromatic N) is 1. The largest absolute Gasteiger partial charge is 0.313 e. The van der Waals surface area contributed by atoms with Crippen LogP contribution >= 0.6 is 11.8 Å². The molecule has 0 amide bonds. The summed E-state index contributed by atoms with van der Waals surface area (Å²) in [5.74, 6) is 0. The first kappa shape index (κ1) is 15.4. The van der Waals surface area contributed by atoms with Crippen molar-refractivity contribution in [3.63, 3.8) is 0 Å². The quantitative estimate of drug-likeness (QED) is 0.916. The molecule has 3 atom stereocenters. The number of rotatable bonds is 4. The van der Waals surface area contributed by atoms with E-state index < -0.39 is 0 Å². The van der Waals surface area contributed by atoms with Crippen molar-refractivity contribution < 1.29 is 0 Å². The average Bonchev–Trinajstić information content (AvgIpc) is 2.80. The van der Waals surface area contributed by atoms with Gasteiger partial charge in [-0.2, -0.15) is 0 Å². The fraction of sp³-hybridized carbons (Fsp3) is 0.667. The van der Waals surface area contributed by atoms with Gasteiger partial charge in [0, 0.05) is 35.3 Å². The van der Waals surface area contributed by atoms with E-state index in [0.29, 0.717) is 12.1 Å². The topological polar surface area (TPSA) is 15.3 Å². The smallest absolute Gasteiger partial charge is 0.0263 e. The van der Waals surface area contributed by atoms with Gasteiger partial charge in [0.15, 0.2) is 0 Å². The molecule has 2 aliphatic heterocycles. The minimum absolute atomic E-state index is 0.689. The normalized spacial score (nSPS) is 30.1. The molecule has 2 nitrogen and oxygen atoms in total. The van der Waals surface area contributed by atoms with Crippen LogP contribution in [0.5, 0.6) is 0 Å². The van der Waals surface area contributed by atoms with E-state index in [1.54, 1.807) is 5.56 Å². The summed E-state index contributed by atoms with van der Waals surface area (Å²) in [7, 11) is 0. The second kappa shape index (κ2) is 7.17. The van der Waals surface area contributed by atoms with Gasteiger partial charge in [-0.05, 0) is 44.4 Å². The molecule has 3 unspecified atom stereocenters. The van der Waals surface area contributed by atoms with Crippen molar-refractivity contribution in [1.29, 1.82) is 0 Å². The standard InChI is InChI=1S/C18H28N2S/c1-3-6-16-12-20(14(2)9-10-19-16)13-17-11-15-7-4-5-8-18(15)21-17/h4-5,7-8,14,16-17,19H,3,6,9-13H2,1-2H3. The zero-order chi connectivity index (χ0) is 14.7. The van der Waals surface area contributed by atoms with Gasteiger partial charge in [0.2, 0.25) is 0 Å². The van der Waals surface area contributed by atoms with Crippen LogP contribution in [0.3, 0.4) is 0 Å². The van der Waals surface area contributed by atoms with Crippen LogP contribution in [0.25, 0.3) is 0 Å². The number of fused-ring (bicyclic) bond motifs is 1. The maximum absolute atomic E-state index is 3.74. The number of benzene rings is 1. The Morgan fingerprint density at radius 1 is 1.33 bits per heavy atom. The lowest BCUT2D eigenvalue weighted by Gasteiger charge is -2.31. The van der Waals surface area contributed by atoms with E-state index in [1.807, 2.05) is 0 Å². The molecule has 116 valence electrons. The number of thioether (sulfide) groups is 1. The summed E-state index contributed by atoms with van der Waals surface area (Å²) < 4.78 is 0. The second-order valence-corrected chi connectivity index (χ2v) is 7.93. The van der Waals surface area contributed by atoms with Crippen LogP contribution in [-0.4, -0.2) is 41.9 Å². The third-order valence-electron chi connectivity index (χ3n) is 4.86. The Labute approximate surface area is 133 Å². The van der Waals surface area contributed by atoms with E-state index in [9.17, 15) is 0 Å². The molecular weight excluding hydrogens is 276 g/mol. The Kier molecular flexibility index (Phi) is 5.25. The lowest BCUT2D eigenvalue weighted by atomic mass is 10.1. The predicted octanol–water partition coefficient (Wildman–Crippen LogP) is 3.56. The summed E-state index contributed by atoms with van der Waals surface area (Å²) in [6, 6.07) is 10.3. The van der Waals surface area contributed by atoms with Gasteiger partial charge >= 0.3 is 0 Å². The van der Waals surface area contributed by atoms with Crippen LogP contribution in [-0.2, 0) is 6.42 Å². The van der Waals surface area contributed by atoms with Crippen molar-refractivity contribution in [3.05, 3.63) is 29.8 Å². The Balaban J connectivity index is 1.61. The molecule has 0 aliphatic carbocycles. The van der Waals surface area contributed by atoms with E-state index in [0.717, 1.165) is 5.25 Å². The van der Waals surface area contributed by atoms with Gasteiger partial charge in [-0.1, -0.05) is 31.5 Å². The lowest BCUT2D eigenvalue weighted by Crippen LogP contribution is -2.43.